The zero-order valence-electron chi connectivity index (χ0n) is 42.2. The number of β-amino-alcohol motifs (C(OH)–C–C–N with tert-alkyl or cyclic N) is 1. The number of nitrogens with zero attached hydrogens (tertiary/aromatic N) is 2. The van der Waals surface area contributed by atoms with Gasteiger partial charge in [0.1, 0.15) is 0 Å². The minimum absolute atomic E-state index is 0.291. The fourth-order valence-electron chi connectivity index (χ4n) is 9.49. The van der Waals surface area contributed by atoms with Crippen LogP contribution in [0.5, 0.6) is 0 Å². The minimum Gasteiger partial charge on any atom is -0.390 e. The molecule has 1 rings (SSSR count). The summed E-state index contributed by atoms with van der Waals surface area (Å²) in [5.41, 5.74) is 0. The number of aliphatic hydroxyl groups is 1. The molecule has 1 saturated heterocycles. The molecule has 1 heterocycles. The predicted molar refractivity (Wildman–Crippen MR) is 267 cm³/mol. The fraction of sp³-hybridized carbons (Fsp3) is 1.00. The third-order valence-electron chi connectivity index (χ3n) is 13.6. The van der Waals surface area contributed by atoms with Crippen molar-refractivity contribution in [3.05, 3.63) is 0 Å². The van der Waals surface area contributed by atoms with E-state index >= 15 is 0 Å². The van der Waals surface area contributed by atoms with E-state index in [1.54, 1.807) is 0 Å². The molecule has 6 nitrogen and oxygen atoms in total. The molecule has 6 heteroatoms. The molecule has 0 amide bonds. The molecular weight excluding hydrogens is 753 g/mol. The van der Waals surface area contributed by atoms with Crippen molar-refractivity contribution < 1.29 is 19.3 Å². The minimum atomic E-state index is -0.291. The lowest BCUT2D eigenvalue weighted by molar-refractivity contribution is 0.00664. The first kappa shape index (κ1) is 58.8. The van der Waals surface area contributed by atoms with Crippen LogP contribution >= 0.6 is 0 Å². The summed E-state index contributed by atoms with van der Waals surface area (Å²) >= 11 is 0. The van der Waals surface area contributed by atoms with E-state index in [1.165, 1.54) is 231 Å². The summed E-state index contributed by atoms with van der Waals surface area (Å²) in [5, 5.41) is 11.1. The number of aliphatic hydroxyl groups excluding tert-OH is 1. The summed E-state index contributed by atoms with van der Waals surface area (Å²) < 4.78 is 18.2. The quantitative estimate of drug-likeness (QED) is 0.0615. The summed E-state index contributed by atoms with van der Waals surface area (Å²) in [6.07, 6.45) is 48.4. The summed E-state index contributed by atoms with van der Waals surface area (Å²) in [5.74, 6) is 1.52. The second-order valence-corrected chi connectivity index (χ2v) is 19.8. The van der Waals surface area contributed by atoms with Crippen LogP contribution in [0.4, 0.5) is 0 Å². The highest BCUT2D eigenvalue weighted by Crippen LogP contribution is 2.22. The first-order valence-electron chi connectivity index (χ1n) is 28.0. The lowest BCUT2D eigenvalue weighted by Crippen LogP contribution is -2.45. The van der Waals surface area contributed by atoms with E-state index in [2.05, 4.69) is 37.5 Å². The number of ether oxygens (including phenoxy) is 3. The van der Waals surface area contributed by atoms with Crippen LogP contribution in [0.25, 0.3) is 0 Å². The van der Waals surface area contributed by atoms with Crippen LogP contribution in [0.3, 0.4) is 0 Å². The Bertz CT molecular complexity index is 774. The molecule has 1 aliphatic heterocycles. The van der Waals surface area contributed by atoms with Crippen molar-refractivity contribution in [1.82, 2.24) is 9.80 Å². The molecular formula is C55H112N2O4. The van der Waals surface area contributed by atoms with Crippen LogP contribution < -0.4 is 0 Å². The zero-order chi connectivity index (χ0) is 43.9. The second-order valence-electron chi connectivity index (χ2n) is 19.8. The van der Waals surface area contributed by atoms with E-state index in [9.17, 15) is 5.11 Å². The number of hydrogen-bond acceptors (Lipinski definition) is 6. The van der Waals surface area contributed by atoms with Gasteiger partial charge in [-0.2, -0.15) is 0 Å². The van der Waals surface area contributed by atoms with E-state index < -0.39 is 0 Å². The van der Waals surface area contributed by atoms with Crippen LogP contribution in [0.2, 0.25) is 0 Å². The second kappa shape index (κ2) is 47.7. The van der Waals surface area contributed by atoms with Crippen molar-refractivity contribution in [2.75, 3.05) is 78.9 Å². The van der Waals surface area contributed by atoms with Crippen molar-refractivity contribution in [3.63, 3.8) is 0 Å². The molecule has 0 aromatic rings. The number of morpholine rings is 1. The van der Waals surface area contributed by atoms with Crippen LogP contribution in [-0.4, -0.2) is 99.9 Å². The van der Waals surface area contributed by atoms with Gasteiger partial charge in [-0.3, -0.25) is 4.90 Å². The normalized spacial score (nSPS) is 15.2. The van der Waals surface area contributed by atoms with Crippen molar-refractivity contribution >= 4 is 0 Å². The molecule has 3 atom stereocenters. The Labute approximate surface area is 383 Å². The molecule has 0 radical (unpaired) electrons. The van der Waals surface area contributed by atoms with Gasteiger partial charge >= 0.3 is 0 Å². The van der Waals surface area contributed by atoms with E-state index in [0.717, 1.165) is 90.7 Å². The number of rotatable bonds is 50. The van der Waals surface area contributed by atoms with Gasteiger partial charge in [0, 0.05) is 52.6 Å². The van der Waals surface area contributed by atoms with Crippen molar-refractivity contribution in [2.24, 2.45) is 11.8 Å². The van der Waals surface area contributed by atoms with Crippen molar-refractivity contribution in [3.8, 4) is 0 Å². The highest BCUT2D eigenvalue weighted by atomic mass is 16.5. The monoisotopic (exact) mass is 865 g/mol. The molecule has 1 N–H and O–H groups in total. The molecule has 3 unspecified atom stereocenters. The Balaban J connectivity index is 2.38. The van der Waals surface area contributed by atoms with Gasteiger partial charge in [-0.15, -0.1) is 0 Å². The van der Waals surface area contributed by atoms with Gasteiger partial charge in [-0.1, -0.05) is 207 Å². The number of hydrogen-bond donors (Lipinski definition) is 1. The molecule has 0 aromatic heterocycles. The largest absolute Gasteiger partial charge is 0.390 e. The Hall–Kier alpha value is -0.240. The molecule has 0 aromatic carbocycles. The summed E-state index contributed by atoms with van der Waals surface area (Å²) in [7, 11) is 0. The third kappa shape index (κ3) is 41.0. The lowest BCUT2D eigenvalue weighted by atomic mass is 9.95. The third-order valence-corrected chi connectivity index (χ3v) is 13.6. The molecule has 0 spiro atoms. The highest BCUT2D eigenvalue weighted by molar-refractivity contribution is 4.72. The smallest absolute Gasteiger partial charge is 0.0793 e. The van der Waals surface area contributed by atoms with Gasteiger partial charge < -0.3 is 24.2 Å². The van der Waals surface area contributed by atoms with Crippen LogP contribution in [0.15, 0.2) is 0 Å². The van der Waals surface area contributed by atoms with Crippen molar-refractivity contribution in [2.45, 2.75) is 265 Å². The van der Waals surface area contributed by atoms with E-state index in [1.807, 2.05) is 0 Å². The standard InChI is InChI=1S/C55H112N2O4/c1-5-9-13-17-19-23-31-39-53(37-29-21-15-11-7-3)51-60-45-35-27-25-33-41-56(49-55(58)50-57-43-47-59-48-44-57)42-34-26-28-36-46-61-52-54(38-30-22-16-12-8-4)40-32-24-20-18-14-10-6-2/h53-55,58H,5-52H2,1-4H3. The Kier molecular flexibility index (Phi) is 46.0. The lowest BCUT2D eigenvalue weighted by Gasteiger charge is -2.31. The van der Waals surface area contributed by atoms with E-state index in [0.29, 0.717) is 0 Å². The van der Waals surface area contributed by atoms with Gasteiger partial charge in [0.2, 0.25) is 0 Å². The highest BCUT2D eigenvalue weighted by Gasteiger charge is 2.18. The molecule has 0 saturated carbocycles. The maximum Gasteiger partial charge on any atom is 0.0793 e. The van der Waals surface area contributed by atoms with Crippen LogP contribution in [-0.2, 0) is 14.2 Å². The Morgan fingerprint density at radius 3 is 1.15 bits per heavy atom. The predicted octanol–water partition coefficient (Wildman–Crippen LogP) is 15.4. The van der Waals surface area contributed by atoms with Gasteiger partial charge in [0.25, 0.3) is 0 Å². The fourth-order valence-corrected chi connectivity index (χ4v) is 9.49. The van der Waals surface area contributed by atoms with Gasteiger partial charge in [0.15, 0.2) is 0 Å². The maximum atomic E-state index is 11.1. The van der Waals surface area contributed by atoms with E-state index in [4.69, 9.17) is 14.2 Å². The zero-order valence-corrected chi connectivity index (χ0v) is 42.2. The average Bonchev–Trinajstić information content (AvgIpc) is 3.26. The molecule has 1 aliphatic rings. The molecule has 0 bridgehead atoms. The topological polar surface area (TPSA) is 54.4 Å². The first-order chi connectivity index (χ1) is 30.1. The van der Waals surface area contributed by atoms with Gasteiger partial charge in [-0.05, 0) is 76.3 Å². The van der Waals surface area contributed by atoms with Crippen molar-refractivity contribution in [1.29, 1.82) is 0 Å². The molecule has 366 valence electrons. The Morgan fingerprint density at radius 2 is 0.770 bits per heavy atom. The van der Waals surface area contributed by atoms with Crippen LogP contribution in [0, 0.1) is 11.8 Å². The maximum absolute atomic E-state index is 11.1. The average molecular weight is 866 g/mol. The SMILES string of the molecule is CCCCCCCCCC(CCCCCCC)COCCCCCCN(CCCCCCOCC(CCCCCCC)CCCCCCCCC)CC(O)CN1CCOCC1. The first-order valence-corrected chi connectivity index (χ1v) is 28.0. The summed E-state index contributed by atoms with van der Waals surface area (Å²) in [6, 6.07) is 0. The van der Waals surface area contributed by atoms with Gasteiger partial charge in [-0.25, -0.2) is 0 Å². The summed E-state index contributed by atoms with van der Waals surface area (Å²) in [4.78, 5) is 4.95. The molecule has 0 aliphatic carbocycles. The summed E-state index contributed by atoms with van der Waals surface area (Å²) in [6.45, 7) is 20.3. The Morgan fingerprint density at radius 1 is 0.443 bits per heavy atom. The van der Waals surface area contributed by atoms with Gasteiger partial charge in [0.05, 0.1) is 19.3 Å². The molecule has 1 fully saturated rings. The van der Waals surface area contributed by atoms with Crippen LogP contribution in [0.1, 0.15) is 259 Å². The van der Waals surface area contributed by atoms with E-state index in [-0.39, 0.29) is 6.10 Å². The number of unbranched alkanes of at least 4 members (excludes halogenated alkanes) is 26. The molecule has 61 heavy (non-hydrogen) atoms.